The number of aliphatic hydroxyl groups is 1. The lowest BCUT2D eigenvalue weighted by molar-refractivity contribution is 0.254. The summed E-state index contributed by atoms with van der Waals surface area (Å²) in [6, 6.07) is 6.18. The lowest BCUT2D eigenvalue weighted by Gasteiger charge is -2.14. The summed E-state index contributed by atoms with van der Waals surface area (Å²) in [6.07, 6.45) is 1.41. The van der Waals surface area contributed by atoms with Crippen molar-refractivity contribution in [1.29, 1.82) is 0 Å². The van der Waals surface area contributed by atoms with E-state index in [1.54, 1.807) is 12.1 Å². The van der Waals surface area contributed by atoms with Crippen LogP contribution in [0.5, 0.6) is 0 Å². The summed E-state index contributed by atoms with van der Waals surface area (Å²) in [5.74, 6) is 0.144. The van der Waals surface area contributed by atoms with Gasteiger partial charge in [-0.05, 0) is 30.5 Å². The van der Waals surface area contributed by atoms with Gasteiger partial charge in [-0.15, -0.1) is 0 Å². The molecule has 0 saturated carbocycles. The monoisotopic (exact) mass is 272 g/mol. The molecule has 6 heteroatoms. The molecule has 0 amide bonds. The second-order valence-electron chi connectivity index (χ2n) is 4.21. The van der Waals surface area contributed by atoms with Crippen LogP contribution in [-0.2, 0) is 10.0 Å². The quantitative estimate of drug-likeness (QED) is 0.644. The molecule has 0 radical (unpaired) electrons. The molecule has 0 heterocycles. The number of benzene rings is 1. The molecule has 1 aromatic rings. The fourth-order valence-electron chi connectivity index (χ4n) is 1.63. The Kier molecular flexibility index (Phi) is 5.58. The molecule has 102 valence electrons. The van der Waals surface area contributed by atoms with E-state index in [2.05, 4.69) is 4.72 Å². The summed E-state index contributed by atoms with van der Waals surface area (Å²) in [6.45, 7) is 2.36. The summed E-state index contributed by atoms with van der Waals surface area (Å²) < 4.78 is 26.5. The van der Waals surface area contributed by atoms with Crippen molar-refractivity contribution in [1.82, 2.24) is 4.72 Å². The van der Waals surface area contributed by atoms with Crippen molar-refractivity contribution in [3.8, 4) is 0 Å². The molecule has 18 heavy (non-hydrogen) atoms. The van der Waals surface area contributed by atoms with E-state index >= 15 is 0 Å². The van der Waals surface area contributed by atoms with Crippen molar-refractivity contribution in [2.24, 2.45) is 5.92 Å². The summed E-state index contributed by atoms with van der Waals surface area (Å²) in [4.78, 5) is 0.168. The third-order valence-corrected chi connectivity index (χ3v) is 4.27. The number of aliphatic hydroxyl groups excluding tert-OH is 1. The van der Waals surface area contributed by atoms with E-state index in [0.29, 0.717) is 18.7 Å². The van der Waals surface area contributed by atoms with Gasteiger partial charge in [-0.1, -0.05) is 19.4 Å². The molecular formula is C12H20N2O3S. The molecule has 5 nitrogen and oxygen atoms in total. The predicted octanol–water partition coefficient (Wildman–Crippen LogP) is 0.956. The Labute approximate surface area is 108 Å². The molecule has 4 N–H and O–H groups in total. The minimum Gasteiger partial charge on any atom is -0.399 e. The summed E-state index contributed by atoms with van der Waals surface area (Å²) in [5.41, 5.74) is 5.98. The van der Waals surface area contributed by atoms with Gasteiger partial charge < -0.3 is 10.8 Å². The Bertz CT molecular complexity index is 474. The van der Waals surface area contributed by atoms with Crippen LogP contribution in [0.25, 0.3) is 0 Å². The highest BCUT2D eigenvalue weighted by Crippen LogP contribution is 2.14. The number of nitrogens with two attached hydrogens (primary N) is 1. The molecule has 0 bridgehead atoms. The van der Waals surface area contributed by atoms with Crippen LogP contribution >= 0.6 is 0 Å². The molecule has 1 atom stereocenters. The molecule has 0 aromatic heterocycles. The lowest BCUT2D eigenvalue weighted by atomic mass is 10.0. The third-order valence-electron chi connectivity index (χ3n) is 2.85. The van der Waals surface area contributed by atoms with Crippen LogP contribution in [0.15, 0.2) is 29.2 Å². The van der Waals surface area contributed by atoms with Crippen molar-refractivity contribution in [2.45, 2.75) is 24.7 Å². The van der Waals surface area contributed by atoms with Crippen LogP contribution in [0.4, 0.5) is 5.69 Å². The van der Waals surface area contributed by atoms with Crippen LogP contribution in [0.3, 0.4) is 0 Å². The highest BCUT2D eigenvalue weighted by atomic mass is 32.2. The smallest absolute Gasteiger partial charge is 0.240 e. The molecule has 1 unspecified atom stereocenters. The normalized spacial score (nSPS) is 13.4. The van der Waals surface area contributed by atoms with Crippen LogP contribution in [0, 0.1) is 5.92 Å². The molecule has 0 aliphatic carbocycles. The summed E-state index contributed by atoms with van der Waals surface area (Å²) in [5, 5.41) is 8.86. The summed E-state index contributed by atoms with van der Waals surface area (Å²) in [7, 11) is -3.52. The van der Waals surface area contributed by atoms with Crippen LogP contribution < -0.4 is 10.5 Å². The fraction of sp³-hybridized carbons (Fsp3) is 0.500. The van der Waals surface area contributed by atoms with Crippen molar-refractivity contribution >= 4 is 15.7 Å². The highest BCUT2D eigenvalue weighted by Gasteiger charge is 2.16. The Morgan fingerprint density at radius 1 is 1.44 bits per heavy atom. The molecule has 0 saturated heterocycles. The highest BCUT2D eigenvalue weighted by molar-refractivity contribution is 7.89. The number of anilines is 1. The minimum absolute atomic E-state index is 0.0680. The van der Waals surface area contributed by atoms with Crippen molar-refractivity contribution in [3.05, 3.63) is 24.3 Å². The maximum absolute atomic E-state index is 12.0. The second-order valence-corrected chi connectivity index (χ2v) is 5.98. The van der Waals surface area contributed by atoms with E-state index in [4.69, 9.17) is 10.8 Å². The SMILES string of the molecule is CCC(CCO)CNS(=O)(=O)c1cccc(N)c1. The van der Waals surface area contributed by atoms with Gasteiger partial charge in [0.25, 0.3) is 0 Å². The van der Waals surface area contributed by atoms with Gasteiger partial charge in [0.15, 0.2) is 0 Å². The first kappa shape index (κ1) is 14.9. The van der Waals surface area contributed by atoms with E-state index in [-0.39, 0.29) is 17.4 Å². The number of rotatable bonds is 7. The first-order valence-corrected chi connectivity index (χ1v) is 7.44. The van der Waals surface area contributed by atoms with E-state index in [1.165, 1.54) is 12.1 Å². The van der Waals surface area contributed by atoms with E-state index in [9.17, 15) is 8.42 Å². The zero-order valence-electron chi connectivity index (χ0n) is 10.5. The van der Waals surface area contributed by atoms with E-state index < -0.39 is 10.0 Å². The van der Waals surface area contributed by atoms with Gasteiger partial charge in [-0.3, -0.25) is 0 Å². The van der Waals surface area contributed by atoms with Gasteiger partial charge in [0.05, 0.1) is 4.90 Å². The first-order valence-electron chi connectivity index (χ1n) is 5.95. The molecule has 1 aromatic carbocycles. The van der Waals surface area contributed by atoms with Crippen molar-refractivity contribution in [3.63, 3.8) is 0 Å². The average molecular weight is 272 g/mol. The van der Waals surface area contributed by atoms with Gasteiger partial charge in [-0.2, -0.15) is 0 Å². The number of hydrogen-bond acceptors (Lipinski definition) is 4. The van der Waals surface area contributed by atoms with Crippen LogP contribution in [0.1, 0.15) is 19.8 Å². The van der Waals surface area contributed by atoms with Gasteiger partial charge in [0, 0.05) is 18.8 Å². The number of sulfonamides is 1. The molecular weight excluding hydrogens is 252 g/mol. The zero-order chi connectivity index (χ0) is 13.6. The number of nitrogens with one attached hydrogen (secondary N) is 1. The number of hydrogen-bond donors (Lipinski definition) is 3. The Balaban J connectivity index is 2.70. The Morgan fingerprint density at radius 2 is 2.17 bits per heavy atom. The molecule has 0 aliphatic rings. The predicted molar refractivity (Wildman–Crippen MR) is 71.5 cm³/mol. The van der Waals surface area contributed by atoms with Crippen molar-refractivity contribution in [2.75, 3.05) is 18.9 Å². The molecule has 0 spiro atoms. The van der Waals surface area contributed by atoms with Crippen LogP contribution in [0.2, 0.25) is 0 Å². The number of nitrogen functional groups attached to an aromatic ring is 1. The van der Waals surface area contributed by atoms with Gasteiger partial charge in [0.1, 0.15) is 0 Å². The third kappa shape index (κ3) is 4.29. The second kappa shape index (κ2) is 6.72. The largest absolute Gasteiger partial charge is 0.399 e. The first-order chi connectivity index (χ1) is 8.49. The van der Waals surface area contributed by atoms with Crippen molar-refractivity contribution < 1.29 is 13.5 Å². The molecule has 1 rings (SSSR count). The maximum Gasteiger partial charge on any atom is 0.240 e. The topological polar surface area (TPSA) is 92.4 Å². The van der Waals surface area contributed by atoms with Crippen LogP contribution in [-0.4, -0.2) is 26.7 Å². The van der Waals surface area contributed by atoms with Gasteiger partial charge in [-0.25, -0.2) is 13.1 Å². The van der Waals surface area contributed by atoms with Gasteiger partial charge >= 0.3 is 0 Å². The van der Waals surface area contributed by atoms with E-state index in [0.717, 1.165) is 6.42 Å². The maximum atomic E-state index is 12.0. The standard InChI is InChI=1S/C12H20N2O3S/c1-2-10(6-7-15)9-14-18(16,17)12-5-3-4-11(13)8-12/h3-5,8,10,14-15H,2,6-7,9,13H2,1H3. The fourth-order valence-corrected chi connectivity index (χ4v) is 2.80. The lowest BCUT2D eigenvalue weighted by Crippen LogP contribution is -2.29. The zero-order valence-corrected chi connectivity index (χ0v) is 11.3. The Morgan fingerprint density at radius 3 is 2.72 bits per heavy atom. The Hall–Kier alpha value is -1.11. The average Bonchev–Trinajstić information content (AvgIpc) is 2.34. The molecule has 0 fully saturated rings. The minimum atomic E-state index is -3.52. The van der Waals surface area contributed by atoms with Gasteiger partial charge in [0.2, 0.25) is 10.0 Å². The van der Waals surface area contributed by atoms with E-state index in [1.807, 2.05) is 6.92 Å². The summed E-state index contributed by atoms with van der Waals surface area (Å²) >= 11 is 0. The molecule has 0 aliphatic heterocycles.